The molecule has 1 aromatic heterocycles. The van der Waals surface area contributed by atoms with E-state index in [-0.39, 0.29) is 5.39 Å². The quantitative estimate of drug-likeness (QED) is 0.683. The number of methoxy groups -OCH3 is 1. The van der Waals surface area contributed by atoms with Gasteiger partial charge < -0.3 is 9.15 Å². The predicted octanol–water partition coefficient (Wildman–Crippen LogP) is 0.500. The summed E-state index contributed by atoms with van der Waals surface area (Å²) in [6.45, 7) is 0. The molecule has 0 aliphatic heterocycles. The van der Waals surface area contributed by atoms with E-state index in [0.29, 0.717) is 11.3 Å². The summed E-state index contributed by atoms with van der Waals surface area (Å²) in [4.78, 5) is 22.7. The number of aromatic nitrogens is 1. The Morgan fingerprint density at radius 3 is 2.73 bits per heavy atom. The largest absolute Gasteiger partial charge is 0.496 e. The number of ether oxygens (including phenoxy) is 1. The molecular weight excluding hydrogens is 198 g/mol. The van der Waals surface area contributed by atoms with Crippen LogP contribution in [0.15, 0.2) is 32.2 Å². The van der Waals surface area contributed by atoms with Crippen molar-refractivity contribution in [1.82, 2.24) is 4.57 Å². The molecule has 0 N–H and O–H groups in total. The van der Waals surface area contributed by atoms with Crippen LogP contribution in [0.5, 0.6) is 5.75 Å². The van der Waals surface area contributed by atoms with Crippen LogP contribution in [0.3, 0.4) is 0 Å². The third kappa shape index (κ3) is 1.32. The summed E-state index contributed by atoms with van der Waals surface area (Å²) >= 11 is 0. The summed E-state index contributed by atoms with van der Waals surface area (Å²) in [6, 6.07) is 5.01. The lowest BCUT2D eigenvalue weighted by Crippen LogP contribution is -2.22. The number of aryl methyl sites for hydroxylation is 1. The molecule has 0 aliphatic carbocycles. The van der Waals surface area contributed by atoms with Crippen LogP contribution in [0.2, 0.25) is 0 Å². The summed E-state index contributed by atoms with van der Waals surface area (Å²) < 4.78 is 10.8. The van der Waals surface area contributed by atoms with Crippen LogP contribution < -0.4 is 16.1 Å². The van der Waals surface area contributed by atoms with E-state index >= 15 is 0 Å². The van der Waals surface area contributed by atoms with Crippen molar-refractivity contribution in [2.75, 3.05) is 7.11 Å². The van der Waals surface area contributed by atoms with E-state index in [1.165, 1.54) is 18.7 Å². The highest BCUT2D eigenvalue weighted by molar-refractivity contribution is 5.83. The topological polar surface area (TPSA) is 61.4 Å². The van der Waals surface area contributed by atoms with E-state index in [1.54, 1.807) is 18.2 Å². The maximum absolute atomic E-state index is 11.5. The first kappa shape index (κ1) is 9.51. The van der Waals surface area contributed by atoms with Crippen molar-refractivity contribution in [2.45, 2.75) is 0 Å². The van der Waals surface area contributed by atoms with Crippen molar-refractivity contribution < 1.29 is 9.15 Å². The SMILES string of the molecule is COc1cccc2c1c(=O)oc(=O)n2C. The maximum atomic E-state index is 11.5. The van der Waals surface area contributed by atoms with Gasteiger partial charge in [0.2, 0.25) is 0 Å². The second-order valence-corrected chi connectivity index (χ2v) is 3.07. The molecule has 2 aromatic rings. The van der Waals surface area contributed by atoms with Crippen LogP contribution >= 0.6 is 0 Å². The molecule has 78 valence electrons. The van der Waals surface area contributed by atoms with Gasteiger partial charge in [-0.15, -0.1) is 0 Å². The second kappa shape index (κ2) is 3.27. The first-order valence-corrected chi connectivity index (χ1v) is 4.32. The fraction of sp³-hybridized carbons (Fsp3) is 0.200. The molecular formula is C10H9NO4. The van der Waals surface area contributed by atoms with Crippen LogP contribution in [-0.2, 0) is 7.05 Å². The molecule has 0 spiro atoms. The fourth-order valence-corrected chi connectivity index (χ4v) is 1.47. The van der Waals surface area contributed by atoms with E-state index in [4.69, 9.17) is 4.74 Å². The monoisotopic (exact) mass is 207 g/mol. The number of hydrogen-bond acceptors (Lipinski definition) is 4. The zero-order valence-electron chi connectivity index (χ0n) is 8.31. The molecule has 0 saturated carbocycles. The van der Waals surface area contributed by atoms with Gasteiger partial charge in [-0.25, -0.2) is 9.59 Å². The molecule has 1 aromatic carbocycles. The lowest BCUT2D eigenvalue weighted by molar-refractivity contribution is 0.407. The van der Waals surface area contributed by atoms with E-state index in [0.717, 1.165) is 0 Å². The van der Waals surface area contributed by atoms with Crippen LogP contribution in [0.4, 0.5) is 0 Å². The average Bonchev–Trinajstić information content (AvgIpc) is 2.25. The van der Waals surface area contributed by atoms with Crippen molar-refractivity contribution in [3.63, 3.8) is 0 Å². The molecule has 15 heavy (non-hydrogen) atoms. The Hall–Kier alpha value is -2.04. The van der Waals surface area contributed by atoms with E-state index < -0.39 is 11.4 Å². The Morgan fingerprint density at radius 1 is 1.33 bits per heavy atom. The molecule has 0 unspecified atom stereocenters. The summed E-state index contributed by atoms with van der Waals surface area (Å²) in [7, 11) is 2.99. The van der Waals surface area contributed by atoms with Crippen LogP contribution in [0, 0.1) is 0 Å². The smallest absolute Gasteiger partial charge is 0.422 e. The van der Waals surface area contributed by atoms with Gasteiger partial charge in [0.1, 0.15) is 11.1 Å². The van der Waals surface area contributed by atoms with Gasteiger partial charge in [-0.05, 0) is 12.1 Å². The molecule has 0 radical (unpaired) electrons. The van der Waals surface area contributed by atoms with Gasteiger partial charge in [-0.3, -0.25) is 4.57 Å². The Balaban J connectivity index is 3.09. The fourth-order valence-electron chi connectivity index (χ4n) is 1.47. The van der Waals surface area contributed by atoms with Gasteiger partial charge in [0.15, 0.2) is 0 Å². The first-order valence-electron chi connectivity index (χ1n) is 4.32. The van der Waals surface area contributed by atoms with Crippen LogP contribution in [0.1, 0.15) is 0 Å². The zero-order chi connectivity index (χ0) is 11.0. The zero-order valence-corrected chi connectivity index (χ0v) is 8.31. The summed E-state index contributed by atoms with van der Waals surface area (Å²) in [5, 5.41) is 0.280. The molecule has 5 nitrogen and oxygen atoms in total. The van der Waals surface area contributed by atoms with Gasteiger partial charge in [0.25, 0.3) is 0 Å². The molecule has 2 rings (SSSR count). The third-order valence-corrected chi connectivity index (χ3v) is 2.24. The number of hydrogen-bond donors (Lipinski definition) is 0. The lowest BCUT2D eigenvalue weighted by Gasteiger charge is -2.05. The number of benzene rings is 1. The highest BCUT2D eigenvalue weighted by Gasteiger charge is 2.10. The third-order valence-electron chi connectivity index (χ3n) is 2.24. The molecule has 0 amide bonds. The molecule has 5 heteroatoms. The first-order chi connectivity index (χ1) is 7.15. The van der Waals surface area contributed by atoms with Crippen molar-refractivity contribution in [3.05, 3.63) is 39.2 Å². The Labute approximate surface area is 84.5 Å². The van der Waals surface area contributed by atoms with E-state index in [1.807, 2.05) is 0 Å². The van der Waals surface area contributed by atoms with E-state index in [9.17, 15) is 9.59 Å². The Kier molecular flexibility index (Phi) is 2.07. The van der Waals surface area contributed by atoms with Crippen LogP contribution in [0.25, 0.3) is 10.9 Å². The van der Waals surface area contributed by atoms with Crippen molar-refractivity contribution in [3.8, 4) is 5.75 Å². The van der Waals surface area contributed by atoms with Gasteiger partial charge >= 0.3 is 11.4 Å². The molecule has 0 fully saturated rings. The minimum absolute atomic E-state index is 0.280. The number of nitrogens with zero attached hydrogens (tertiary/aromatic N) is 1. The van der Waals surface area contributed by atoms with E-state index in [2.05, 4.69) is 4.42 Å². The second-order valence-electron chi connectivity index (χ2n) is 3.07. The highest BCUT2D eigenvalue weighted by atomic mass is 16.5. The Bertz CT molecular complexity index is 623. The van der Waals surface area contributed by atoms with Crippen LogP contribution in [-0.4, -0.2) is 11.7 Å². The summed E-state index contributed by atoms with van der Waals surface area (Å²) in [5.41, 5.74) is -0.179. The molecule has 0 bridgehead atoms. The van der Waals surface area contributed by atoms with Crippen molar-refractivity contribution in [2.24, 2.45) is 7.05 Å². The molecule has 0 atom stereocenters. The predicted molar refractivity (Wildman–Crippen MR) is 54.3 cm³/mol. The Morgan fingerprint density at radius 2 is 2.07 bits per heavy atom. The normalized spacial score (nSPS) is 10.5. The lowest BCUT2D eigenvalue weighted by atomic mass is 10.2. The minimum atomic E-state index is -0.680. The molecule has 0 aliphatic rings. The summed E-state index contributed by atoms with van der Waals surface area (Å²) in [5.74, 6) is -0.280. The molecule has 1 heterocycles. The van der Waals surface area contributed by atoms with Gasteiger partial charge in [0, 0.05) is 7.05 Å². The van der Waals surface area contributed by atoms with Crippen molar-refractivity contribution >= 4 is 10.9 Å². The summed E-state index contributed by atoms with van der Waals surface area (Å²) in [6.07, 6.45) is 0. The van der Waals surface area contributed by atoms with Crippen molar-refractivity contribution in [1.29, 1.82) is 0 Å². The standard InChI is InChI=1S/C10H9NO4/c1-11-6-4-3-5-7(14-2)8(6)9(12)15-10(11)13/h3-5H,1-2H3. The van der Waals surface area contributed by atoms with Gasteiger partial charge in [-0.1, -0.05) is 6.07 Å². The number of fused-ring (bicyclic) bond motifs is 1. The highest BCUT2D eigenvalue weighted by Crippen LogP contribution is 2.19. The number of rotatable bonds is 1. The average molecular weight is 207 g/mol. The van der Waals surface area contributed by atoms with Gasteiger partial charge in [-0.2, -0.15) is 0 Å². The van der Waals surface area contributed by atoms with Gasteiger partial charge in [0.05, 0.1) is 12.6 Å². The maximum Gasteiger partial charge on any atom is 0.422 e. The minimum Gasteiger partial charge on any atom is -0.496 e. The molecule has 0 saturated heterocycles.